The van der Waals surface area contributed by atoms with Crippen molar-refractivity contribution in [2.45, 2.75) is 59.2 Å². The zero-order chi connectivity index (χ0) is 19.6. The molecule has 1 aromatic rings. The van der Waals surface area contributed by atoms with Gasteiger partial charge in [0, 0.05) is 0 Å². The standard InChI is InChI=1S/C16H21Cl2FN2O4/c1-7-16(5,6)24-13(22)8-10(9(19)12(18)21-11(8)17)20-14(23)25-15(2,3)4/h7H2,1-6H3,(H,20,21,23). The van der Waals surface area contributed by atoms with Gasteiger partial charge in [0.15, 0.2) is 11.0 Å². The second kappa shape index (κ2) is 7.74. The van der Waals surface area contributed by atoms with Crippen molar-refractivity contribution in [2.24, 2.45) is 0 Å². The molecule has 0 unspecified atom stereocenters. The summed E-state index contributed by atoms with van der Waals surface area (Å²) in [4.78, 5) is 28.0. The van der Waals surface area contributed by atoms with Crippen LogP contribution >= 0.6 is 23.2 Å². The summed E-state index contributed by atoms with van der Waals surface area (Å²) in [6.45, 7) is 10.1. The van der Waals surface area contributed by atoms with Gasteiger partial charge in [0.25, 0.3) is 0 Å². The number of carbonyl (C=O) groups is 2. The van der Waals surface area contributed by atoms with Crippen molar-refractivity contribution in [3.63, 3.8) is 0 Å². The van der Waals surface area contributed by atoms with E-state index >= 15 is 0 Å². The summed E-state index contributed by atoms with van der Waals surface area (Å²) in [5, 5.41) is 1.17. The zero-order valence-electron chi connectivity index (χ0n) is 14.9. The summed E-state index contributed by atoms with van der Waals surface area (Å²) in [7, 11) is 0. The van der Waals surface area contributed by atoms with Crippen LogP contribution < -0.4 is 5.32 Å². The predicted molar refractivity (Wildman–Crippen MR) is 93.9 cm³/mol. The summed E-state index contributed by atoms with van der Waals surface area (Å²) < 4.78 is 24.7. The van der Waals surface area contributed by atoms with Crippen LogP contribution in [-0.4, -0.2) is 28.2 Å². The van der Waals surface area contributed by atoms with Gasteiger partial charge in [0.1, 0.15) is 27.6 Å². The highest BCUT2D eigenvalue weighted by molar-refractivity contribution is 6.35. The number of ether oxygens (including phenoxy) is 2. The fourth-order valence-corrected chi connectivity index (χ4v) is 2.07. The summed E-state index contributed by atoms with van der Waals surface area (Å²) >= 11 is 11.6. The summed E-state index contributed by atoms with van der Waals surface area (Å²) in [6, 6.07) is 0. The van der Waals surface area contributed by atoms with E-state index in [0.29, 0.717) is 6.42 Å². The molecule has 25 heavy (non-hydrogen) atoms. The van der Waals surface area contributed by atoms with Gasteiger partial charge in [-0.05, 0) is 41.0 Å². The van der Waals surface area contributed by atoms with Crippen LogP contribution in [0.3, 0.4) is 0 Å². The average molecular weight is 395 g/mol. The number of anilines is 1. The van der Waals surface area contributed by atoms with Gasteiger partial charge in [0.2, 0.25) is 0 Å². The molecule has 0 atom stereocenters. The fourth-order valence-electron chi connectivity index (χ4n) is 1.59. The highest BCUT2D eigenvalue weighted by Crippen LogP contribution is 2.32. The lowest BCUT2D eigenvalue weighted by Gasteiger charge is -2.25. The molecule has 1 aromatic heterocycles. The van der Waals surface area contributed by atoms with Crippen molar-refractivity contribution in [3.05, 3.63) is 21.7 Å². The first-order valence-corrected chi connectivity index (χ1v) is 8.31. The van der Waals surface area contributed by atoms with E-state index in [1.54, 1.807) is 34.6 Å². The highest BCUT2D eigenvalue weighted by atomic mass is 35.5. The van der Waals surface area contributed by atoms with Gasteiger partial charge in [0.05, 0.1) is 0 Å². The molecule has 1 heterocycles. The molecule has 0 radical (unpaired) electrons. The van der Waals surface area contributed by atoms with E-state index in [9.17, 15) is 14.0 Å². The van der Waals surface area contributed by atoms with Crippen molar-refractivity contribution in [1.82, 2.24) is 4.98 Å². The second-order valence-corrected chi connectivity index (χ2v) is 7.60. The number of carbonyl (C=O) groups excluding carboxylic acids is 2. The number of rotatable bonds is 4. The molecule has 0 spiro atoms. The minimum atomic E-state index is -1.11. The molecule has 0 aromatic carbocycles. The molecular formula is C16H21Cl2FN2O4. The van der Waals surface area contributed by atoms with Crippen LogP contribution in [0.25, 0.3) is 0 Å². The molecule has 1 N–H and O–H groups in total. The molecular weight excluding hydrogens is 374 g/mol. The molecule has 0 aliphatic heterocycles. The fraction of sp³-hybridized carbons (Fsp3) is 0.562. The van der Waals surface area contributed by atoms with Crippen LogP contribution in [0.15, 0.2) is 0 Å². The molecule has 9 heteroatoms. The third-order valence-corrected chi connectivity index (χ3v) is 3.63. The van der Waals surface area contributed by atoms with E-state index in [1.807, 2.05) is 6.92 Å². The third kappa shape index (κ3) is 6.01. The Balaban J connectivity index is 3.31. The third-order valence-electron chi connectivity index (χ3n) is 3.10. The number of esters is 1. The van der Waals surface area contributed by atoms with E-state index < -0.39 is 50.6 Å². The second-order valence-electron chi connectivity index (χ2n) is 6.89. The molecule has 0 aliphatic carbocycles. The van der Waals surface area contributed by atoms with Crippen molar-refractivity contribution in [1.29, 1.82) is 0 Å². The van der Waals surface area contributed by atoms with Crippen LogP contribution in [0, 0.1) is 5.82 Å². The first-order valence-electron chi connectivity index (χ1n) is 7.55. The van der Waals surface area contributed by atoms with Crippen molar-refractivity contribution >= 4 is 41.0 Å². The zero-order valence-corrected chi connectivity index (χ0v) is 16.4. The van der Waals surface area contributed by atoms with E-state index in [0.717, 1.165) is 0 Å². The Labute approximate surface area is 156 Å². The summed E-state index contributed by atoms with van der Waals surface area (Å²) in [5.74, 6) is -2.05. The van der Waals surface area contributed by atoms with Crippen LogP contribution in [-0.2, 0) is 9.47 Å². The van der Waals surface area contributed by atoms with E-state index in [-0.39, 0.29) is 0 Å². The van der Waals surface area contributed by atoms with Crippen LogP contribution in [0.2, 0.25) is 10.3 Å². The van der Waals surface area contributed by atoms with E-state index in [1.165, 1.54) is 0 Å². The lowest BCUT2D eigenvalue weighted by atomic mass is 10.1. The van der Waals surface area contributed by atoms with Crippen molar-refractivity contribution in [3.8, 4) is 0 Å². The Bertz CT molecular complexity index is 688. The molecule has 140 valence electrons. The molecule has 1 rings (SSSR count). The molecule has 0 aliphatic rings. The first-order chi connectivity index (χ1) is 11.3. The predicted octanol–water partition coefficient (Wildman–Crippen LogP) is 5.22. The maximum Gasteiger partial charge on any atom is 0.412 e. The maximum absolute atomic E-state index is 14.4. The minimum Gasteiger partial charge on any atom is -0.456 e. The van der Waals surface area contributed by atoms with Gasteiger partial charge in [-0.2, -0.15) is 0 Å². The number of hydrogen-bond acceptors (Lipinski definition) is 5. The Morgan fingerprint density at radius 1 is 1.12 bits per heavy atom. The molecule has 6 nitrogen and oxygen atoms in total. The van der Waals surface area contributed by atoms with Crippen molar-refractivity contribution in [2.75, 3.05) is 5.32 Å². The van der Waals surface area contributed by atoms with Gasteiger partial charge < -0.3 is 9.47 Å². The average Bonchev–Trinajstić information content (AvgIpc) is 2.41. The maximum atomic E-state index is 14.4. The number of pyridine rings is 1. The summed E-state index contributed by atoms with van der Waals surface area (Å²) in [5.41, 5.74) is -2.63. The molecule has 0 fully saturated rings. The lowest BCUT2D eigenvalue weighted by Crippen LogP contribution is -2.30. The van der Waals surface area contributed by atoms with Gasteiger partial charge in [-0.3, -0.25) is 5.32 Å². The minimum absolute atomic E-state index is 0.394. The Kier molecular flexibility index (Phi) is 6.64. The Morgan fingerprint density at radius 2 is 1.68 bits per heavy atom. The topological polar surface area (TPSA) is 77.5 Å². The van der Waals surface area contributed by atoms with Crippen LogP contribution in [0.4, 0.5) is 14.9 Å². The van der Waals surface area contributed by atoms with Gasteiger partial charge in [-0.15, -0.1) is 0 Å². The number of halogens is 3. The SMILES string of the molecule is CCC(C)(C)OC(=O)c1c(Cl)nc(Cl)c(F)c1NC(=O)OC(C)(C)C. The van der Waals surface area contributed by atoms with Crippen molar-refractivity contribution < 1.29 is 23.5 Å². The van der Waals surface area contributed by atoms with Gasteiger partial charge in [-0.25, -0.2) is 19.0 Å². The molecule has 0 saturated carbocycles. The highest BCUT2D eigenvalue weighted by Gasteiger charge is 2.30. The Hall–Kier alpha value is -1.60. The lowest BCUT2D eigenvalue weighted by molar-refractivity contribution is -0.00237. The van der Waals surface area contributed by atoms with Crippen LogP contribution in [0.1, 0.15) is 58.3 Å². The largest absolute Gasteiger partial charge is 0.456 e. The van der Waals surface area contributed by atoms with Gasteiger partial charge >= 0.3 is 12.1 Å². The molecule has 0 bridgehead atoms. The number of hydrogen-bond donors (Lipinski definition) is 1. The number of nitrogens with zero attached hydrogens (tertiary/aromatic N) is 1. The van der Waals surface area contributed by atoms with Crippen LogP contribution in [0.5, 0.6) is 0 Å². The normalized spacial score (nSPS) is 11.9. The Morgan fingerprint density at radius 3 is 2.16 bits per heavy atom. The quantitative estimate of drug-likeness (QED) is 0.559. The molecule has 0 saturated heterocycles. The summed E-state index contributed by atoms with van der Waals surface area (Å²) in [6.07, 6.45) is -0.470. The number of amides is 1. The smallest absolute Gasteiger partial charge is 0.412 e. The van der Waals surface area contributed by atoms with E-state index in [4.69, 9.17) is 32.7 Å². The van der Waals surface area contributed by atoms with E-state index in [2.05, 4.69) is 10.3 Å². The number of nitrogens with one attached hydrogen (secondary N) is 1. The monoisotopic (exact) mass is 394 g/mol. The first kappa shape index (κ1) is 21.4. The van der Waals surface area contributed by atoms with Gasteiger partial charge in [-0.1, -0.05) is 30.1 Å². The molecule has 1 amide bonds. The number of aromatic nitrogens is 1.